The van der Waals surface area contributed by atoms with Gasteiger partial charge in [-0.3, -0.25) is 0 Å². The summed E-state index contributed by atoms with van der Waals surface area (Å²) >= 11 is 5.97. The molecular formula is C23H20ClN5. The maximum absolute atomic E-state index is 5.97. The molecule has 5 nitrogen and oxygen atoms in total. The number of nitrogens with zero attached hydrogens (tertiary/aromatic N) is 3. The highest BCUT2D eigenvalue weighted by molar-refractivity contribution is 6.30. The van der Waals surface area contributed by atoms with Crippen molar-refractivity contribution in [3.63, 3.8) is 0 Å². The molecule has 0 saturated carbocycles. The van der Waals surface area contributed by atoms with Crippen LogP contribution >= 0.6 is 11.6 Å². The first kappa shape index (κ1) is 18.9. The Morgan fingerprint density at radius 3 is 2.41 bits per heavy atom. The third kappa shape index (κ3) is 4.89. The fourth-order valence-corrected chi connectivity index (χ4v) is 3.09. The maximum atomic E-state index is 5.97. The van der Waals surface area contributed by atoms with Crippen LogP contribution in [0.25, 0.3) is 11.3 Å². The number of nitrogens with one attached hydrogen (secondary N) is 2. The van der Waals surface area contributed by atoms with Crippen molar-refractivity contribution >= 4 is 29.1 Å². The van der Waals surface area contributed by atoms with E-state index in [0.717, 1.165) is 22.8 Å². The van der Waals surface area contributed by atoms with E-state index in [-0.39, 0.29) is 6.04 Å². The van der Waals surface area contributed by atoms with Crippen LogP contribution < -0.4 is 10.6 Å². The van der Waals surface area contributed by atoms with Gasteiger partial charge in [-0.05, 0) is 36.8 Å². The Morgan fingerprint density at radius 1 is 0.862 bits per heavy atom. The van der Waals surface area contributed by atoms with Gasteiger partial charge in [0, 0.05) is 40.8 Å². The molecule has 0 aliphatic rings. The summed E-state index contributed by atoms with van der Waals surface area (Å²) in [5.74, 6) is 1.30. The highest BCUT2D eigenvalue weighted by Gasteiger charge is 2.07. The topological polar surface area (TPSA) is 62.7 Å². The molecule has 0 aliphatic heterocycles. The lowest BCUT2D eigenvalue weighted by atomic mass is 10.1. The Balaban J connectivity index is 1.49. The van der Waals surface area contributed by atoms with Crippen LogP contribution in [-0.4, -0.2) is 15.0 Å². The van der Waals surface area contributed by atoms with Crippen LogP contribution in [0.4, 0.5) is 17.5 Å². The number of hydrogen-bond acceptors (Lipinski definition) is 5. The van der Waals surface area contributed by atoms with Gasteiger partial charge in [0.2, 0.25) is 5.95 Å². The van der Waals surface area contributed by atoms with Crippen molar-refractivity contribution in [2.75, 3.05) is 10.6 Å². The van der Waals surface area contributed by atoms with Crippen molar-refractivity contribution in [1.29, 1.82) is 0 Å². The molecule has 0 radical (unpaired) electrons. The van der Waals surface area contributed by atoms with E-state index in [9.17, 15) is 0 Å². The molecule has 29 heavy (non-hydrogen) atoms. The quantitative estimate of drug-likeness (QED) is 0.408. The fourth-order valence-electron chi connectivity index (χ4n) is 2.96. The second-order valence-corrected chi connectivity index (χ2v) is 7.04. The van der Waals surface area contributed by atoms with E-state index >= 15 is 0 Å². The second-order valence-electron chi connectivity index (χ2n) is 6.60. The number of rotatable bonds is 6. The molecular weight excluding hydrogens is 382 g/mol. The zero-order valence-electron chi connectivity index (χ0n) is 15.9. The van der Waals surface area contributed by atoms with Crippen LogP contribution in [0.2, 0.25) is 5.02 Å². The predicted molar refractivity (Wildman–Crippen MR) is 118 cm³/mol. The van der Waals surface area contributed by atoms with E-state index in [4.69, 9.17) is 11.6 Å². The Labute approximate surface area is 174 Å². The third-order valence-corrected chi connectivity index (χ3v) is 4.73. The SMILES string of the molecule is C[C@H](Nc1cc(Nc2nccc(-c3ccc(Cl)cc3)n2)ccn1)c1ccccc1. The highest BCUT2D eigenvalue weighted by Crippen LogP contribution is 2.23. The smallest absolute Gasteiger partial charge is 0.227 e. The standard InChI is InChI=1S/C23H20ClN5/c1-16(17-5-3-2-4-6-17)27-22-15-20(11-13-25-22)28-23-26-14-12-21(29-23)18-7-9-19(24)10-8-18/h2-16H,1H3,(H2,25,26,27,28,29)/t16-/m0/s1. The zero-order chi connectivity index (χ0) is 20.1. The molecule has 144 valence electrons. The normalized spacial score (nSPS) is 11.7. The van der Waals surface area contributed by atoms with E-state index in [1.807, 2.05) is 60.7 Å². The number of aromatic nitrogens is 3. The number of anilines is 3. The average molecular weight is 402 g/mol. The summed E-state index contributed by atoms with van der Waals surface area (Å²) in [5, 5.41) is 7.37. The van der Waals surface area contributed by atoms with Crippen LogP contribution in [0, 0.1) is 0 Å². The van der Waals surface area contributed by atoms with Crippen molar-refractivity contribution in [2.24, 2.45) is 0 Å². The molecule has 0 amide bonds. The molecule has 6 heteroatoms. The van der Waals surface area contributed by atoms with Crippen LogP contribution in [0.3, 0.4) is 0 Å². The van der Waals surface area contributed by atoms with Crippen LogP contribution in [0.15, 0.2) is 85.2 Å². The average Bonchev–Trinajstić information content (AvgIpc) is 2.75. The summed E-state index contributed by atoms with van der Waals surface area (Å²) in [5.41, 5.74) is 3.86. The van der Waals surface area contributed by atoms with Gasteiger partial charge in [-0.25, -0.2) is 15.0 Å². The van der Waals surface area contributed by atoms with Gasteiger partial charge >= 0.3 is 0 Å². The molecule has 0 saturated heterocycles. The van der Waals surface area contributed by atoms with Gasteiger partial charge in [0.05, 0.1) is 5.69 Å². The molecule has 0 unspecified atom stereocenters. The first-order chi connectivity index (χ1) is 14.2. The molecule has 2 aromatic heterocycles. The van der Waals surface area contributed by atoms with Gasteiger partial charge in [0.1, 0.15) is 5.82 Å². The van der Waals surface area contributed by atoms with E-state index in [1.165, 1.54) is 5.56 Å². The lowest BCUT2D eigenvalue weighted by molar-refractivity contribution is 0.875. The number of hydrogen-bond donors (Lipinski definition) is 2. The summed E-state index contributed by atoms with van der Waals surface area (Å²) in [6, 6.07) is 23.7. The molecule has 1 atom stereocenters. The first-order valence-electron chi connectivity index (χ1n) is 9.31. The first-order valence-corrected chi connectivity index (χ1v) is 9.69. The molecule has 4 aromatic rings. The summed E-state index contributed by atoms with van der Waals surface area (Å²) in [6.07, 6.45) is 3.49. The van der Waals surface area contributed by atoms with Gasteiger partial charge in [-0.15, -0.1) is 0 Å². The van der Waals surface area contributed by atoms with Crippen LogP contribution in [-0.2, 0) is 0 Å². The van der Waals surface area contributed by atoms with E-state index in [2.05, 4.69) is 44.6 Å². The zero-order valence-corrected chi connectivity index (χ0v) is 16.6. The van der Waals surface area contributed by atoms with Crippen molar-refractivity contribution in [3.8, 4) is 11.3 Å². The van der Waals surface area contributed by atoms with Gasteiger partial charge < -0.3 is 10.6 Å². The van der Waals surface area contributed by atoms with Crippen LogP contribution in [0.1, 0.15) is 18.5 Å². The molecule has 0 fully saturated rings. The van der Waals surface area contributed by atoms with Gasteiger partial charge in [0.15, 0.2) is 0 Å². The molecule has 2 aromatic carbocycles. The van der Waals surface area contributed by atoms with E-state index in [1.54, 1.807) is 12.4 Å². The monoisotopic (exact) mass is 401 g/mol. The molecule has 0 aliphatic carbocycles. The van der Waals surface area contributed by atoms with Crippen molar-refractivity contribution in [1.82, 2.24) is 15.0 Å². The fraction of sp³-hybridized carbons (Fsp3) is 0.0870. The number of benzene rings is 2. The van der Waals surface area contributed by atoms with Crippen LogP contribution in [0.5, 0.6) is 0 Å². The van der Waals surface area contributed by atoms with Crippen molar-refractivity contribution in [3.05, 3.63) is 95.8 Å². The molecule has 0 bridgehead atoms. The number of pyridine rings is 1. The maximum Gasteiger partial charge on any atom is 0.227 e. The van der Waals surface area contributed by atoms with Gasteiger partial charge in [-0.2, -0.15) is 0 Å². The Morgan fingerprint density at radius 2 is 1.62 bits per heavy atom. The Hall–Kier alpha value is -3.44. The minimum Gasteiger partial charge on any atom is -0.363 e. The lowest BCUT2D eigenvalue weighted by Crippen LogP contribution is -2.08. The van der Waals surface area contributed by atoms with Gasteiger partial charge in [0.25, 0.3) is 0 Å². The summed E-state index contributed by atoms with van der Waals surface area (Å²) in [4.78, 5) is 13.3. The lowest BCUT2D eigenvalue weighted by Gasteiger charge is -2.15. The minimum atomic E-state index is 0.142. The summed E-state index contributed by atoms with van der Waals surface area (Å²) in [6.45, 7) is 2.11. The third-order valence-electron chi connectivity index (χ3n) is 4.48. The Bertz CT molecular complexity index is 1080. The molecule has 4 rings (SSSR count). The van der Waals surface area contributed by atoms with Gasteiger partial charge in [-0.1, -0.05) is 54.1 Å². The highest BCUT2D eigenvalue weighted by atomic mass is 35.5. The minimum absolute atomic E-state index is 0.142. The van der Waals surface area contributed by atoms with E-state index in [0.29, 0.717) is 11.0 Å². The largest absolute Gasteiger partial charge is 0.363 e. The Kier molecular flexibility index (Phi) is 5.68. The second kappa shape index (κ2) is 8.71. The summed E-state index contributed by atoms with van der Waals surface area (Å²) < 4.78 is 0. The van der Waals surface area contributed by atoms with Crippen molar-refractivity contribution < 1.29 is 0 Å². The number of halogens is 1. The predicted octanol–water partition coefficient (Wildman–Crippen LogP) is 6.11. The molecule has 2 N–H and O–H groups in total. The molecule has 2 heterocycles. The van der Waals surface area contributed by atoms with Crippen molar-refractivity contribution in [2.45, 2.75) is 13.0 Å². The van der Waals surface area contributed by atoms with E-state index < -0.39 is 0 Å². The summed E-state index contributed by atoms with van der Waals surface area (Å²) in [7, 11) is 0. The molecule has 0 spiro atoms.